The summed E-state index contributed by atoms with van der Waals surface area (Å²) in [6.07, 6.45) is 0. The molecule has 0 bridgehead atoms. The van der Waals surface area contributed by atoms with Crippen LogP contribution >= 0.6 is 0 Å². The minimum absolute atomic E-state index is 0.129. The van der Waals surface area contributed by atoms with Gasteiger partial charge in [0, 0.05) is 12.1 Å². The molecule has 5 heteroatoms. The molecule has 1 atom stereocenters. The van der Waals surface area contributed by atoms with Crippen LogP contribution in [-0.4, -0.2) is 34.7 Å². The van der Waals surface area contributed by atoms with Crippen molar-refractivity contribution in [3.63, 3.8) is 0 Å². The maximum atomic E-state index is 12.2. The molecule has 1 aromatic heterocycles. The fourth-order valence-electron chi connectivity index (χ4n) is 2.23. The highest BCUT2D eigenvalue weighted by Gasteiger charge is 2.23. The number of furan rings is 1. The molecular weight excluding hydrogens is 256 g/mol. The topological polar surface area (TPSA) is 65.7 Å². The van der Waals surface area contributed by atoms with Crippen LogP contribution in [-0.2, 0) is 0 Å². The van der Waals surface area contributed by atoms with Crippen molar-refractivity contribution in [3.05, 3.63) is 23.2 Å². The molecule has 0 saturated carbocycles. The predicted octanol–water partition coefficient (Wildman–Crippen LogP) is 2.76. The Morgan fingerprint density at radius 1 is 1.50 bits per heavy atom. The van der Waals surface area contributed by atoms with Crippen LogP contribution in [0.5, 0.6) is 0 Å². The van der Waals surface area contributed by atoms with E-state index in [2.05, 4.69) is 5.32 Å². The smallest absolute Gasteiger partial charge is 0.317 e. The number of aliphatic hydroxyl groups is 1. The SMILES string of the molecule is CCN(CC(C)(C)O)C(=O)NC(C)c1cc(C)oc1C. The van der Waals surface area contributed by atoms with E-state index in [1.807, 2.05) is 33.8 Å². The number of urea groups is 1. The molecule has 0 spiro atoms. The summed E-state index contributed by atoms with van der Waals surface area (Å²) in [6.45, 7) is 11.8. The van der Waals surface area contributed by atoms with E-state index in [1.54, 1.807) is 18.7 Å². The lowest BCUT2D eigenvalue weighted by Crippen LogP contribution is -2.47. The Kier molecular flexibility index (Phi) is 5.22. The van der Waals surface area contributed by atoms with Crippen LogP contribution in [0.15, 0.2) is 10.5 Å². The quantitative estimate of drug-likeness (QED) is 0.872. The second-order valence-electron chi connectivity index (χ2n) is 5.87. The molecular formula is C15H26N2O3. The van der Waals surface area contributed by atoms with Gasteiger partial charge in [-0.3, -0.25) is 0 Å². The van der Waals surface area contributed by atoms with Crippen LogP contribution in [0.4, 0.5) is 4.79 Å². The molecule has 1 heterocycles. The summed E-state index contributed by atoms with van der Waals surface area (Å²) >= 11 is 0. The van der Waals surface area contributed by atoms with Gasteiger partial charge in [0.25, 0.3) is 0 Å². The van der Waals surface area contributed by atoms with E-state index < -0.39 is 5.60 Å². The first-order valence-electron chi connectivity index (χ1n) is 6.98. The monoisotopic (exact) mass is 282 g/mol. The fraction of sp³-hybridized carbons (Fsp3) is 0.667. The van der Waals surface area contributed by atoms with Crippen molar-refractivity contribution in [2.24, 2.45) is 0 Å². The average Bonchev–Trinajstić information content (AvgIpc) is 2.64. The average molecular weight is 282 g/mol. The number of carbonyl (C=O) groups excluding carboxylic acids is 1. The van der Waals surface area contributed by atoms with Crippen LogP contribution < -0.4 is 5.32 Å². The minimum Gasteiger partial charge on any atom is -0.466 e. The van der Waals surface area contributed by atoms with Gasteiger partial charge < -0.3 is 19.7 Å². The normalized spacial score (nSPS) is 13.2. The predicted molar refractivity (Wildman–Crippen MR) is 78.7 cm³/mol. The van der Waals surface area contributed by atoms with Gasteiger partial charge in [0.05, 0.1) is 18.2 Å². The highest BCUT2D eigenvalue weighted by Crippen LogP contribution is 2.21. The summed E-state index contributed by atoms with van der Waals surface area (Å²) in [5.74, 6) is 1.66. The standard InChI is InChI=1S/C15H26N2O3/c1-7-17(9-15(5,6)19)14(18)16-11(3)13-8-10(2)20-12(13)4/h8,11,19H,7,9H2,1-6H3,(H,16,18). The Hall–Kier alpha value is -1.49. The molecule has 0 saturated heterocycles. The van der Waals surface area contributed by atoms with Gasteiger partial charge >= 0.3 is 6.03 Å². The van der Waals surface area contributed by atoms with E-state index in [9.17, 15) is 9.90 Å². The number of amides is 2. The Morgan fingerprint density at radius 3 is 2.50 bits per heavy atom. The number of nitrogens with one attached hydrogen (secondary N) is 1. The molecule has 0 fully saturated rings. The zero-order valence-electron chi connectivity index (χ0n) is 13.3. The Labute approximate surface area is 121 Å². The molecule has 0 aliphatic carbocycles. The maximum absolute atomic E-state index is 12.2. The number of hydrogen-bond donors (Lipinski definition) is 2. The third kappa shape index (κ3) is 4.56. The second kappa shape index (κ2) is 6.31. The molecule has 5 nitrogen and oxygen atoms in total. The summed E-state index contributed by atoms with van der Waals surface area (Å²) in [7, 11) is 0. The van der Waals surface area contributed by atoms with Gasteiger partial charge in [0.1, 0.15) is 11.5 Å². The lowest BCUT2D eigenvalue weighted by Gasteiger charge is -2.29. The lowest BCUT2D eigenvalue weighted by atomic mass is 10.1. The van der Waals surface area contributed by atoms with Crippen LogP contribution in [0.2, 0.25) is 0 Å². The molecule has 0 aliphatic heterocycles. The van der Waals surface area contributed by atoms with Crippen molar-refractivity contribution >= 4 is 6.03 Å². The van der Waals surface area contributed by atoms with Crippen LogP contribution in [0, 0.1) is 13.8 Å². The highest BCUT2D eigenvalue weighted by molar-refractivity contribution is 5.74. The molecule has 2 N–H and O–H groups in total. The largest absolute Gasteiger partial charge is 0.466 e. The van der Waals surface area contributed by atoms with Crippen LogP contribution in [0.25, 0.3) is 0 Å². The van der Waals surface area contributed by atoms with Gasteiger partial charge in [0.15, 0.2) is 0 Å². The van der Waals surface area contributed by atoms with Gasteiger partial charge in [-0.05, 0) is 47.6 Å². The molecule has 1 aromatic rings. The molecule has 20 heavy (non-hydrogen) atoms. The van der Waals surface area contributed by atoms with Crippen molar-refractivity contribution in [2.75, 3.05) is 13.1 Å². The molecule has 0 aromatic carbocycles. The summed E-state index contributed by atoms with van der Waals surface area (Å²) in [5, 5.41) is 12.8. The van der Waals surface area contributed by atoms with Crippen molar-refractivity contribution in [1.82, 2.24) is 10.2 Å². The number of carbonyl (C=O) groups is 1. The summed E-state index contributed by atoms with van der Waals surface area (Å²) < 4.78 is 5.48. The van der Waals surface area contributed by atoms with Gasteiger partial charge in [-0.2, -0.15) is 0 Å². The maximum Gasteiger partial charge on any atom is 0.317 e. The number of rotatable bonds is 5. The van der Waals surface area contributed by atoms with E-state index >= 15 is 0 Å². The number of nitrogens with zero attached hydrogens (tertiary/aromatic N) is 1. The Bertz CT molecular complexity index is 460. The zero-order chi connectivity index (χ0) is 15.5. The second-order valence-corrected chi connectivity index (χ2v) is 5.87. The Morgan fingerprint density at radius 2 is 2.10 bits per heavy atom. The van der Waals surface area contributed by atoms with Gasteiger partial charge in [0.2, 0.25) is 0 Å². The fourth-order valence-corrected chi connectivity index (χ4v) is 2.23. The van der Waals surface area contributed by atoms with Crippen LogP contribution in [0.1, 0.15) is 50.8 Å². The number of likely N-dealkylation sites (N-methyl/N-ethyl adjacent to an activating group) is 1. The van der Waals surface area contributed by atoms with E-state index in [0.717, 1.165) is 17.1 Å². The summed E-state index contributed by atoms with van der Waals surface area (Å²) in [4.78, 5) is 13.8. The highest BCUT2D eigenvalue weighted by atomic mass is 16.3. The lowest BCUT2D eigenvalue weighted by molar-refractivity contribution is 0.0476. The minimum atomic E-state index is -0.904. The first-order valence-corrected chi connectivity index (χ1v) is 6.98. The zero-order valence-corrected chi connectivity index (χ0v) is 13.3. The number of hydrogen-bond acceptors (Lipinski definition) is 3. The molecule has 1 unspecified atom stereocenters. The summed E-state index contributed by atoms with van der Waals surface area (Å²) in [5.41, 5.74) is 0.0776. The van der Waals surface area contributed by atoms with Gasteiger partial charge in [-0.1, -0.05) is 0 Å². The van der Waals surface area contributed by atoms with Crippen molar-refractivity contribution in [3.8, 4) is 0 Å². The van der Waals surface area contributed by atoms with Crippen molar-refractivity contribution in [1.29, 1.82) is 0 Å². The van der Waals surface area contributed by atoms with E-state index in [4.69, 9.17) is 4.42 Å². The van der Waals surface area contributed by atoms with Crippen molar-refractivity contribution in [2.45, 2.75) is 53.2 Å². The molecule has 2 amide bonds. The third-order valence-electron chi connectivity index (χ3n) is 3.13. The Balaban J connectivity index is 2.71. The molecule has 1 rings (SSSR count). The molecule has 0 radical (unpaired) electrons. The van der Waals surface area contributed by atoms with E-state index in [-0.39, 0.29) is 12.1 Å². The first-order chi connectivity index (χ1) is 9.14. The van der Waals surface area contributed by atoms with E-state index in [1.165, 1.54) is 0 Å². The van der Waals surface area contributed by atoms with E-state index in [0.29, 0.717) is 13.1 Å². The van der Waals surface area contributed by atoms with Gasteiger partial charge in [-0.15, -0.1) is 0 Å². The molecule has 0 aliphatic rings. The van der Waals surface area contributed by atoms with Gasteiger partial charge in [-0.25, -0.2) is 4.79 Å². The molecule has 114 valence electrons. The van der Waals surface area contributed by atoms with Crippen molar-refractivity contribution < 1.29 is 14.3 Å². The van der Waals surface area contributed by atoms with Crippen LogP contribution in [0.3, 0.4) is 0 Å². The third-order valence-corrected chi connectivity index (χ3v) is 3.13. The summed E-state index contributed by atoms with van der Waals surface area (Å²) in [6, 6.07) is 1.63. The number of aryl methyl sites for hydroxylation is 2. The first kappa shape index (κ1) is 16.6.